The first-order chi connectivity index (χ1) is 9.79. The van der Waals surface area contributed by atoms with Crippen LogP contribution in [0.5, 0.6) is 0 Å². The van der Waals surface area contributed by atoms with Gasteiger partial charge in [0.2, 0.25) is 0 Å². The Hall–Kier alpha value is -2.68. The molecule has 0 fully saturated rings. The fourth-order valence-corrected chi connectivity index (χ4v) is 2.96. The Morgan fingerprint density at radius 3 is 2.62 bits per heavy atom. The van der Waals surface area contributed by atoms with Gasteiger partial charge in [0, 0.05) is 18.0 Å². The number of hydrogen-bond acceptors (Lipinski definition) is 6. The van der Waals surface area contributed by atoms with E-state index in [9.17, 15) is 18.5 Å². The molecule has 0 aliphatic heterocycles. The second-order valence-electron chi connectivity index (χ2n) is 4.34. The summed E-state index contributed by atoms with van der Waals surface area (Å²) in [5.74, 6) is 0. The number of benzene rings is 1. The number of hydrogen-bond donors (Lipinski definition) is 2. The molecule has 9 heteroatoms. The van der Waals surface area contributed by atoms with Gasteiger partial charge < -0.3 is 5.73 Å². The molecule has 1 aromatic heterocycles. The summed E-state index contributed by atoms with van der Waals surface area (Å²) in [5, 5.41) is 10.9. The molecule has 110 valence electrons. The number of aromatic nitrogens is 1. The van der Waals surface area contributed by atoms with Crippen LogP contribution >= 0.6 is 0 Å². The number of nitro benzene ring substituents is 1. The number of nitrogens with one attached hydrogen (secondary N) is 1. The maximum atomic E-state index is 12.3. The molecular weight excluding hydrogens is 296 g/mol. The first-order valence-electron chi connectivity index (χ1n) is 5.78. The van der Waals surface area contributed by atoms with Crippen molar-refractivity contribution in [3.8, 4) is 0 Å². The quantitative estimate of drug-likeness (QED) is 0.502. The predicted octanol–water partition coefficient (Wildman–Crippen LogP) is 1.68. The van der Waals surface area contributed by atoms with Crippen LogP contribution in [-0.4, -0.2) is 18.3 Å². The van der Waals surface area contributed by atoms with Gasteiger partial charge in [-0.25, -0.2) is 8.42 Å². The summed E-state index contributed by atoms with van der Waals surface area (Å²) in [4.78, 5) is 13.5. The van der Waals surface area contributed by atoms with Crippen molar-refractivity contribution in [3.05, 3.63) is 52.3 Å². The Labute approximate surface area is 120 Å². The van der Waals surface area contributed by atoms with E-state index in [1.807, 2.05) is 0 Å². The number of nitro groups is 1. The molecule has 2 aromatic rings. The molecule has 21 heavy (non-hydrogen) atoms. The van der Waals surface area contributed by atoms with Gasteiger partial charge in [0.25, 0.3) is 15.7 Å². The first kappa shape index (κ1) is 14.7. The number of nitrogens with zero attached hydrogens (tertiary/aromatic N) is 2. The lowest BCUT2D eigenvalue weighted by molar-refractivity contribution is -0.387. The third-order valence-corrected chi connectivity index (χ3v) is 4.01. The molecule has 0 unspecified atom stereocenters. The van der Waals surface area contributed by atoms with Gasteiger partial charge in [0.15, 0.2) is 4.90 Å². The highest BCUT2D eigenvalue weighted by Crippen LogP contribution is 2.27. The van der Waals surface area contributed by atoms with Crippen molar-refractivity contribution in [2.75, 3.05) is 10.5 Å². The Morgan fingerprint density at radius 2 is 2.00 bits per heavy atom. The van der Waals surface area contributed by atoms with Crippen LogP contribution in [-0.2, 0) is 10.0 Å². The van der Waals surface area contributed by atoms with Crippen LogP contribution < -0.4 is 10.5 Å². The molecule has 0 saturated carbocycles. The van der Waals surface area contributed by atoms with Gasteiger partial charge in [-0.3, -0.25) is 19.8 Å². The highest BCUT2D eigenvalue weighted by Gasteiger charge is 2.26. The molecule has 0 saturated heterocycles. The van der Waals surface area contributed by atoms with Crippen molar-refractivity contribution in [1.82, 2.24) is 4.98 Å². The second kappa shape index (κ2) is 5.37. The predicted molar refractivity (Wildman–Crippen MR) is 77.3 cm³/mol. The molecule has 0 aliphatic rings. The van der Waals surface area contributed by atoms with Gasteiger partial charge >= 0.3 is 0 Å². The number of rotatable bonds is 4. The molecule has 0 spiro atoms. The van der Waals surface area contributed by atoms with Gasteiger partial charge in [0.1, 0.15) is 0 Å². The van der Waals surface area contributed by atoms with E-state index >= 15 is 0 Å². The van der Waals surface area contributed by atoms with Crippen molar-refractivity contribution >= 4 is 27.1 Å². The lowest BCUT2D eigenvalue weighted by atomic mass is 10.3. The van der Waals surface area contributed by atoms with Crippen LogP contribution in [0.4, 0.5) is 17.1 Å². The van der Waals surface area contributed by atoms with E-state index in [1.165, 1.54) is 12.3 Å². The summed E-state index contributed by atoms with van der Waals surface area (Å²) >= 11 is 0. The Bertz CT molecular complexity index is 805. The Kier molecular flexibility index (Phi) is 3.76. The molecule has 3 N–H and O–H groups in total. The number of nitrogens with two attached hydrogens (primary N) is 1. The fraction of sp³-hybridized carbons (Fsp3) is 0.0833. The van der Waals surface area contributed by atoms with Gasteiger partial charge in [-0.2, -0.15) is 0 Å². The van der Waals surface area contributed by atoms with E-state index in [4.69, 9.17) is 5.73 Å². The van der Waals surface area contributed by atoms with Crippen molar-refractivity contribution < 1.29 is 13.3 Å². The highest BCUT2D eigenvalue weighted by atomic mass is 32.2. The minimum atomic E-state index is -4.14. The van der Waals surface area contributed by atoms with E-state index < -0.39 is 25.5 Å². The average Bonchev–Trinajstić information content (AvgIpc) is 2.37. The minimum Gasteiger partial charge on any atom is -0.399 e. The maximum absolute atomic E-state index is 12.3. The molecule has 2 rings (SSSR count). The molecule has 0 aliphatic carbocycles. The van der Waals surface area contributed by atoms with Crippen molar-refractivity contribution in [2.45, 2.75) is 11.8 Å². The molecule has 0 amide bonds. The zero-order chi connectivity index (χ0) is 15.6. The zero-order valence-electron chi connectivity index (χ0n) is 11.0. The van der Waals surface area contributed by atoms with E-state index in [0.29, 0.717) is 0 Å². The lowest BCUT2D eigenvalue weighted by Crippen LogP contribution is -2.15. The van der Waals surface area contributed by atoms with Crippen LogP contribution in [0, 0.1) is 17.0 Å². The van der Waals surface area contributed by atoms with Crippen LogP contribution in [0.25, 0.3) is 0 Å². The van der Waals surface area contributed by atoms with Crippen LogP contribution in [0.3, 0.4) is 0 Å². The molecule has 0 atom stereocenters. The third-order valence-electron chi connectivity index (χ3n) is 2.60. The van der Waals surface area contributed by atoms with Crippen LogP contribution in [0.15, 0.2) is 41.6 Å². The van der Waals surface area contributed by atoms with E-state index in [2.05, 4.69) is 9.71 Å². The first-order valence-corrected chi connectivity index (χ1v) is 7.26. The van der Waals surface area contributed by atoms with E-state index in [-0.39, 0.29) is 11.4 Å². The van der Waals surface area contributed by atoms with E-state index in [0.717, 1.165) is 17.7 Å². The summed E-state index contributed by atoms with van der Waals surface area (Å²) in [5.41, 5.74) is 6.05. The number of anilines is 2. The topological polar surface area (TPSA) is 128 Å². The van der Waals surface area contributed by atoms with Crippen molar-refractivity contribution in [1.29, 1.82) is 0 Å². The van der Waals surface area contributed by atoms with Gasteiger partial charge in [-0.1, -0.05) is 0 Å². The van der Waals surface area contributed by atoms with Gasteiger partial charge in [-0.05, 0) is 30.7 Å². The van der Waals surface area contributed by atoms with Crippen molar-refractivity contribution in [2.24, 2.45) is 0 Å². The summed E-state index contributed by atoms with van der Waals surface area (Å²) in [6.45, 7) is 1.74. The monoisotopic (exact) mass is 308 g/mol. The Morgan fingerprint density at radius 1 is 1.29 bits per heavy atom. The number of sulfonamides is 1. The summed E-state index contributed by atoms with van der Waals surface area (Å²) in [7, 11) is -4.14. The van der Waals surface area contributed by atoms with Crippen molar-refractivity contribution in [3.63, 3.8) is 0 Å². The summed E-state index contributed by atoms with van der Waals surface area (Å²) in [6.07, 6.45) is 2.86. The molecule has 0 radical (unpaired) electrons. The van der Waals surface area contributed by atoms with Crippen LogP contribution in [0.1, 0.15) is 5.56 Å². The fourth-order valence-electron chi connectivity index (χ4n) is 1.72. The zero-order valence-corrected chi connectivity index (χ0v) is 11.8. The van der Waals surface area contributed by atoms with Crippen LogP contribution in [0.2, 0.25) is 0 Å². The maximum Gasteiger partial charge on any atom is 0.290 e. The SMILES string of the molecule is Cc1cncc(NS(=O)(=O)c2cc(N)ccc2[N+](=O)[O-])c1. The number of nitrogen functional groups attached to an aromatic ring is 1. The second-order valence-corrected chi connectivity index (χ2v) is 5.99. The Balaban J connectivity index is 2.49. The van der Waals surface area contributed by atoms with E-state index in [1.54, 1.807) is 19.2 Å². The minimum absolute atomic E-state index is 0.114. The van der Waals surface area contributed by atoms with Gasteiger partial charge in [-0.15, -0.1) is 0 Å². The largest absolute Gasteiger partial charge is 0.399 e. The number of pyridine rings is 1. The lowest BCUT2D eigenvalue weighted by Gasteiger charge is -2.09. The molecule has 8 nitrogen and oxygen atoms in total. The van der Waals surface area contributed by atoms with Gasteiger partial charge in [0.05, 0.1) is 16.8 Å². The smallest absolute Gasteiger partial charge is 0.290 e. The molecule has 1 aromatic carbocycles. The standard InChI is InChI=1S/C12H12N4O4S/c1-8-4-10(7-14-6-8)15-21(19,20)12-5-9(13)2-3-11(12)16(17)18/h2-7,15H,13H2,1H3. The molecule has 1 heterocycles. The summed E-state index contributed by atoms with van der Waals surface area (Å²) in [6, 6.07) is 4.93. The normalized spacial score (nSPS) is 11.1. The summed E-state index contributed by atoms with van der Waals surface area (Å²) < 4.78 is 26.8. The number of aryl methyl sites for hydroxylation is 1. The molecular formula is C12H12N4O4S. The third kappa shape index (κ3) is 3.26. The molecule has 0 bridgehead atoms. The average molecular weight is 308 g/mol. The highest BCUT2D eigenvalue weighted by molar-refractivity contribution is 7.92.